The van der Waals surface area contributed by atoms with E-state index >= 15 is 0 Å². The van der Waals surface area contributed by atoms with E-state index in [1.54, 1.807) is 6.20 Å². The molecule has 2 heterocycles. The lowest BCUT2D eigenvalue weighted by Gasteiger charge is -2.40. The number of anilines is 1. The number of rotatable bonds is 5. The van der Waals surface area contributed by atoms with Gasteiger partial charge in [-0.05, 0) is 68.4 Å². The molecule has 1 N–H and O–H groups in total. The van der Waals surface area contributed by atoms with Crippen LogP contribution in [0.3, 0.4) is 0 Å². The highest BCUT2D eigenvalue weighted by Gasteiger charge is 2.44. The SMILES string of the molecule is Cc1cc([C@H]2C[C@@H]2NC(=O)N(C2CC2)[C@@H]2CCCN(c3cccnn3)C2)ccc1Cl. The molecular weight excluding hydrogens is 398 g/mol. The van der Waals surface area contributed by atoms with E-state index in [0.29, 0.717) is 12.0 Å². The maximum absolute atomic E-state index is 13.3. The van der Waals surface area contributed by atoms with E-state index in [-0.39, 0.29) is 18.1 Å². The van der Waals surface area contributed by atoms with Crippen molar-refractivity contribution in [3.8, 4) is 0 Å². The molecule has 3 fully saturated rings. The molecule has 158 valence electrons. The second-order valence-electron chi connectivity index (χ2n) is 8.87. The Morgan fingerprint density at radius 3 is 2.83 bits per heavy atom. The van der Waals surface area contributed by atoms with Crippen LogP contribution in [0.25, 0.3) is 0 Å². The molecule has 3 aliphatic rings. The number of benzene rings is 1. The van der Waals surface area contributed by atoms with Crippen molar-refractivity contribution < 1.29 is 4.79 Å². The van der Waals surface area contributed by atoms with Gasteiger partial charge in [0.15, 0.2) is 5.82 Å². The van der Waals surface area contributed by atoms with Crippen LogP contribution in [0.5, 0.6) is 0 Å². The molecule has 6 nitrogen and oxygen atoms in total. The Morgan fingerprint density at radius 1 is 1.23 bits per heavy atom. The van der Waals surface area contributed by atoms with Gasteiger partial charge in [-0.15, -0.1) is 5.10 Å². The van der Waals surface area contributed by atoms with E-state index in [9.17, 15) is 4.79 Å². The van der Waals surface area contributed by atoms with Crippen LogP contribution < -0.4 is 10.2 Å². The third kappa shape index (κ3) is 4.10. The summed E-state index contributed by atoms with van der Waals surface area (Å²) in [6, 6.07) is 11.0. The minimum atomic E-state index is 0.0988. The molecule has 1 aromatic heterocycles. The quantitative estimate of drug-likeness (QED) is 0.782. The molecule has 5 rings (SSSR count). The number of amides is 2. The number of nitrogens with zero attached hydrogens (tertiary/aromatic N) is 4. The number of carbonyl (C=O) groups excluding carboxylic acids is 1. The van der Waals surface area contributed by atoms with Gasteiger partial charge in [-0.25, -0.2) is 4.79 Å². The summed E-state index contributed by atoms with van der Waals surface area (Å²) in [6.07, 6.45) is 7.03. The number of aromatic nitrogens is 2. The van der Waals surface area contributed by atoms with Crippen molar-refractivity contribution in [1.82, 2.24) is 20.4 Å². The fraction of sp³-hybridized carbons (Fsp3) is 0.522. The normalized spacial score (nSPS) is 25.7. The van der Waals surface area contributed by atoms with Crippen molar-refractivity contribution >= 4 is 23.4 Å². The molecule has 3 atom stereocenters. The number of carbonyl (C=O) groups is 1. The number of nitrogens with one attached hydrogen (secondary N) is 1. The Kier molecular flexibility index (Phi) is 5.27. The Labute approximate surface area is 182 Å². The molecule has 2 amide bonds. The van der Waals surface area contributed by atoms with Crippen LogP contribution in [0, 0.1) is 6.92 Å². The highest BCUT2D eigenvalue weighted by Crippen LogP contribution is 2.42. The average Bonchev–Trinajstić information content (AvgIpc) is 3.68. The Balaban J connectivity index is 1.24. The first-order valence-corrected chi connectivity index (χ1v) is 11.4. The summed E-state index contributed by atoms with van der Waals surface area (Å²) in [4.78, 5) is 17.7. The Bertz CT molecular complexity index is 919. The van der Waals surface area contributed by atoms with E-state index in [1.165, 1.54) is 5.56 Å². The highest BCUT2D eigenvalue weighted by molar-refractivity contribution is 6.31. The van der Waals surface area contributed by atoms with Crippen molar-refractivity contribution in [2.75, 3.05) is 18.0 Å². The molecule has 0 unspecified atom stereocenters. The van der Waals surface area contributed by atoms with Crippen LogP contribution in [0.2, 0.25) is 5.02 Å². The molecule has 0 spiro atoms. The number of hydrogen-bond donors (Lipinski definition) is 1. The second kappa shape index (κ2) is 8.06. The predicted molar refractivity (Wildman–Crippen MR) is 118 cm³/mol. The molecule has 30 heavy (non-hydrogen) atoms. The number of urea groups is 1. The monoisotopic (exact) mass is 425 g/mol. The van der Waals surface area contributed by atoms with Gasteiger partial charge in [0, 0.05) is 42.3 Å². The molecule has 0 radical (unpaired) electrons. The van der Waals surface area contributed by atoms with Gasteiger partial charge in [-0.1, -0.05) is 23.7 Å². The van der Waals surface area contributed by atoms with Gasteiger partial charge in [0.1, 0.15) is 0 Å². The summed E-state index contributed by atoms with van der Waals surface area (Å²) >= 11 is 6.16. The van der Waals surface area contributed by atoms with E-state index in [4.69, 9.17) is 11.6 Å². The molecule has 1 aromatic carbocycles. The predicted octanol–water partition coefficient (Wildman–Crippen LogP) is 4.14. The summed E-state index contributed by atoms with van der Waals surface area (Å²) in [6.45, 7) is 3.82. The molecule has 1 saturated heterocycles. The lowest BCUT2D eigenvalue weighted by Crippen LogP contribution is -2.54. The first-order chi connectivity index (χ1) is 14.6. The first kappa shape index (κ1) is 19.6. The third-order valence-corrected chi connectivity index (χ3v) is 6.98. The van der Waals surface area contributed by atoms with Gasteiger partial charge in [-0.2, -0.15) is 5.10 Å². The largest absolute Gasteiger partial charge is 0.353 e. The highest BCUT2D eigenvalue weighted by atomic mass is 35.5. The molecule has 2 aromatic rings. The van der Waals surface area contributed by atoms with Crippen molar-refractivity contribution in [3.05, 3.63) is 52.7 Å². The van der Waals surface area contributed by atoms with Crippen molar-refractivity contribution in [1.29, 1.82) is 0 Å². The van der Waals surface area contributed by atoms with Crippen LogP contribution in [-0.4, -0.2) is 52.3 Å². The molecule has 7 heteroatoms. The lowest BCUT2D eigenvalue weighted by atomic mass is 10.0. The number of hydrogen-bond acceptors (Lipinski definition) is 4. The fourth-order valence-corrected chi connectivity index (χ4v) is 4.81. The maximum Gasteiger partial charge on any atom is 0.318 e. The van der Waals surface area contributed by atoms with Crippen molar-refractivity contribution in [2.45, 2.75) is 63.1 Å². The lowest BCUT2D eigenvalue weighted by molar-refractivity contribution is 0.160. The van der Waals surface area contributed by atoms with Gasteiger partial charge in [0.05, 0.1) is 6.04 Å². The van der Waals surface area contributed by atoms with Gasteiger partial charge < -0.3 is 15.1 Å². The minimum Gasteiger partial charge on any atom is -0.353 e. The summed E-state index contributed by atoms with van der Waals surface area (Å²) in [5, 5.41) is 12.4. The van der Waals surface area contributed by atoms with Crippen LogP contribution in [-0.2, 0) is 0 Å². The first-order valence-electron chi connectivity index (χ1n) is 11.0. The molecule has 1 aliphatic heterocycles. The number of halogens is 1. The van der Waals surface area contributed by atoms with Crippen molar-refractivity contribution in [3.63, 3.8) is 0 Å². The Hall–Kier alpha value is -2.34. The van der Waals surface area contributed by atoms with Crippen LogP contribution in [0.1, 0.15) is 49.1 Å². The third-order valence-electron chi connectivity index (χ3n) is 6.56. The summed E-state index contributed by atoms with van der Waals surface area (Å²) < 4.78 is 0. The molecule has 2 saturated carbocycles. The smallest absolute Gasteiger partial charge is 0.318 e. The zero-order valence-corrected chi connectivity index (χ0v) is 18.1. The standard InChI is InChI=1S/C23H28ClN5O/c1-15-12-16(6-9-20(15)24)19-13-21(19)26-23(30)29(17-7-8-17)18-4-3-11-28(14-18)22-5-2-10-25-27-22/h2,5-6,9-10,12,17-19,21H,3-4,7-8,11,13-14H2,1H3,(H,26,30)/t18-,19-,21+/m1/s1. The van der Waals surface area contributed by atoms with E-state index in [1.807, 2.05) is 25.1 Å². The molecule has 2 aliphatic carbocycles. The van der Waals surface area contributed by atoms with Gasteiger partial charge in [0.25, 0.3) is 0 Å². The van der Waals surface area contributed by atoms with Crippen molar-refractivity contribution in [2.24, 2.45) is 0 Å². The fourth-order valence-electron chi connectivity index (χ4n) is 4.69. The summed E-state index contributed by atoms with van der Waals surface area (Å²) in [5.41, 5.74) is 2.36. The maximum atomic E-state index is 13.3. The van der Waals surface area contributed by atoms with Crippen LogP contribution in [0.4, 0.5) is 10.6 Å². The topological polar surface area (TPSA) is 61.4 Å². The van der Waals surface area contributed by atoms with E-state index in [2.05, 4.69) is 37.4 Å². The average molecular weight is 426 g/mol. The number of piperidine rings is 1. The minimum absolute atomic E-state index is 0.0988. The Morgan fingerprint density at radius 2 is 2.10 bits per heavy atom. The summed E-state index contributed by atoms with van der Waals surface area (Å²) in [5.74, 6) is 1.30. The van der Waals surface area contributed by atoms with Gasteiger partial charge in [-0.3, -0.25) is 0 Å². The van der Waals surface area contributed by atoms with E-state index < -0.39 is 0 Å². The zero-order chi connectivity index (χ0) is 20.7. The van der Waals surface area contributed by atoms with Crippen LogP contribution >= 0.6 is 11.6 Å². The van der Waals surface area contributed by atoms with Crippen LogP contribution in [0.15, 0.2) is 36.5 Å². The summed E-state index contributed by atoms with van der Waals surface area (Å²) in [7, 11) is 0. The zero-order valence-electron chi connectivity index (χ0n) is 17.3. The van der Waals surface area contributed by atoms with Gasteiger partial charge in [0.2, 0.25) is 0 Å². The van der Waals surface area contributed by atoms with Gasteiger partial charge >= 0.3 is 6.03 Å². The number of aryl methyl sites for hydroxylation is 1. The molecule has 0 bridgehead atoms. The molecular formula is C23H28ClN5O. The van der Waals surface area contributed by atoms with E-state index in [0.717, 1.165) is 61.6 Å². The second-order valence-corrected chi connectivity index (χ2v) is 9.28.